The number of hydrogen-bond donors (Lipinski definition) is 3. The minimum absolute atomic E-state index is 0.0614. The maximum atomic E-state index is 12.8. The molecule has 3 atom stereocenters. The molecular weight excluding hydrogens is 864 g/mol. The number of rotatable bonds is 52. The molecule has 0 rings (SSSR count). The lowest BCUT2D eigenvalue weighted by atomic mass is 10.0. The summed E-state index contributed by atoms with van der Waals surface area (Å²) in [4.78, 5) is 23.0. The van der Waals surface area contributed by atoms with Crippen LogP contribution in [0.25, 0.3) is 0 Å². The van der Waals surface area contributed by atoms with Crippen molar-refractivity contribution in [2.75, 3.05) is 40.9 Å². The Morgan fingerprint density at radius 1 is 0.515 bits per heavy atom. The lowest BCUT2D eigenvalue weighted by Crippen LogP contribution is -2.45. The Kier molecular flexibility index (Phi) is 48.8. The maximum absolute atomic E-state index is 12.8. The largest absolute Gasteiger partial charge is 0.472 e. The Hall–Kier alpha value is -1.80. The first kappa shape index (κ1) is 66.2. The van der Waals surface area contributed by atoms with Gasteiger partial charge >= 0.3 is 7.82 Å². The zero-order valence-corrected chi connectivity index (χ0v) is 46.2. The minimum atomic E-state index is -4.32. The molecule has 68 heavy (non-hydrogen) atoms. The summed E-state index contributed by atoms with van der Waals surface area (Å²) in [6.07, 6.45) is 68.4. The summed E-state index contributed by atoms with van der Waals surface area (Å²) in [7, 11) is 1.57. The molecule has 3 unspecified atom stereocenters. The standard InChI is InChI=1S/C59H111N2O6P/c1-6-8-10-12-13-14-15-16-17-18-19-20-21-22-23-24-25-26-27-28-29-30-31-32-33-34-35-36-37-38-39-40-41-42-43-44-45-46-47-49-51-53-59(63)60-57(58(62)52-50-48-11-9-7-2)56-67-68(64,65)66-55-54-61(3,4)5/h8,10,13-14,16-17,19-20,50,52,57-58,62H,6-7,9,11-12,15,18,21-49,51,53-56H2,1-5H3,(H-,60,63,64,65)/p+1/b10-8-,14-13-,17-16-,20-19-,52-50+. The van der Waals surface area contributed by atoms with Crippen LogP contribution in [0.2, 0.25) is 0 Å². The third kappa shape index (κ3) is 52.0. The average molecular weight is 977 g/mol. The van der Waals surface area contributed by atoms with Crippen molar-refractivity contribution in [3.8, 4) is 0 Å². The van der Waals surface area contributed by atoms with E-state index in [1.165, 1.54) is 167 Å². The Morgan fingerprint density at radius 2 is 0.882 bits per heavy atom. The molecule has 0 aromatic heterocycles. The third-order valence-corrected chi connectivity index (χ3v) is 13.7. The predicted molar refractivity (Wildman–Crippen MR) is 295 cm³/mol. The van der Waals surface area contributed by atoms with Crippen molar-refractivity contribution in [2.24, 2.45) is 0 Å². The highest BCUT2D eigenvalue weighted by atomic mass is 31.2. The van der Waals surface area contributed by atoms with Crippen molar-refractivity contribution >= 4 is 13.7 Å². The van der Waals surface area contributed by atoms with Crippen LogP contribution in [-0.2, 0) is 18.4 Å². The van der Waals surface area contributed by atoms with Crippen LogP contribution in [0.15, 0.2) is 60.8 Å². The molecule has 0 fully saturated rings. The normalized spacial score (nSPS) is 14.4. The number of aliphatic hydroxyl groups excluding tert-OH is 1. The van der Waals surface area contributed by atoms with Crippen molar-refractivity contribution in [3.05, 3.63) is 60.8 Å². The first-order valence-electron chi connectivity index (χ1n) is 28.7. The van der Waals surface area contributed by atoms with E-state index in [9.17, 15) is 19.4 Å². The quantitative estimate of drug-likeness (QED) is 0.0243. The van der Waals surface area contributed by atoms with Gasteiger partial charge in [0.05, 0.1) is 39.9 Å². The van der Waals surface area contributed by atoms with Gasteiger partial charge in [-0.15, -0.1) is 0 Å². The highest BCUT2D eigenvalue weighted by Gasteiger charge is 2.27. The van der Waals surface area contributed by atoms with Crippen LogP contribution in [0.4, 0.5) is 0 Å². The van der Waals surface area contributed by atoms with E-state index in [4.69, 9.17) is 9.05 Å². The summed E-state index contributed by atoms with van der Waals surface area (Å²) in [5, 5.41) is 13.7. The van der Waals surface area contributed by atoms with Gasteiger partial charge in [0.1, 0.15) is 13.2 Å². The fourth-order valence-electron chi connectivity index (χ4n) is 8.27. The smallest absolute Gasteiger partial charge is 0.387 e. The summed E-state index contributed by atoms with van der Waals surface area (Å²) < 4.78 is 23.4. The number of allylic oxidation sites excluding steroid dienone is 9. The number of carbonyl (C=O) groups is 1. The number of nitrogens with zero attached hydrogens (tertiary/aromatic N) is 1. The van der Waals surface area contributed by atoms with Gasteiger partial charge in [-0.05, 0) is 57.8 Å². The van der Waals surface area contributed by atoms with E-state index in [2.05, 4.69) is 67.8 Å². The number of nitrogens with one attached hydrogen (secondary N) is 1. The van der Waals surface area contributed by atoms with E-state index in [-0.39, 0.29) is 19.1 Å². The van der Waals surface area contributed by atoms with Gasteiger partial charge in [0.2, 0.25) is 5.91 Å². The van der Waals surface area contributed by atoms with Crippen LogP contribution < -0.4 is 5.32 Å². The first-order valence-corrected chi connectivity index (χ1v) is 30.2. The summed E-state index contributed by atoms with van der Waals surface area (Å²) in [6.45, 7) is 4.60. The van der Waals surface area contributed by atoms with Gasteiger partial charge in [-0.1, -0.05) is 254 Å². The topological polar surface area (TPSA) is 105 Å². The number of likely N-dealkylation sites (N-methyl/N-ethyl adjacent to an activating group) is 1. The number of unbranched alkanes of at least 4 members (excludes halogenated alkanes) is 31. The SMILES string of the molecule is CC/C=C\C/C=C\C/C=C\C/C=C\CCCCCCCCCCCCCCCCCCCCCCCCCCCCCCC(=O)NC(COP(=O)(O)OCC[N+](C)(C)C)C(O)/C=C/CCCCC. The van der Waals surface area contributed by atoms with Crippen LogP contribution in [-0.4, -0.2) is 73.4 Å². The summed E-state index contributed by atoms with van der Waals surface area (Å²) in [6, 6.07) is -0.841. The Balaban J connectivity index is 3.65. The lowest BCUT2D eigenvalue weighted by molar-refractivity contribution is -0.870. The van der Waals surface area contributed by atoms with E-state index in [1.54, 1.807) is 6.08 Å². The highest BCUT2D eigenvalue weighted by Crippen LogP contribution is 2.43. The van der Waals surface area contributed by atoms with Crippen molar-refractivity contribution in [1.29, 1.82) is 0 Å². The number of phosphoric acid groups is 1. The fourth-order valence-corrected chi connectivity index (χ4v) is 9.01. The second-order valence-electron chi connectivity index (χ2n) is 20.6. The second-order valence-corrected chi connectivity index (χ2v) is 22.1. The second kappa shape index (κ2) is 50.2. The van der Waals surface area contributed by atoms with Crippen molar-refractivity contribution in [3.63, 3.8) is 0 Å². The zero-order valence-electron chi connectivity index (χ0n) is 45.3. The molecule has 0 saturated carbocycles. The molecule has 0 spiro atoms. The molecule has 8 nitrogen and oxygen atoms in total. The van der Waals surface area contributed by atoms with Crippen molar-refractivity contribution in [2.45, 2.75) is 270 Å². The summed E-state index contributed by atoms with van der Waals surface area (Å²) in [5.41, 5.74) is 0. The number of carbonyl (C=O) groups excluding carboxylic acids is 1. The Labute approximate surface area is 422 Å². The predicted octanol–water partition coefficient (Wildman–Crippen LogP) is 17.3. The number of hydrogen-bond acceptors (Lipinski definition) is 5. The van der Waals surface area contributed by atoms with Crippen molar-refractivity contribution < 1.29 is 32.9 Å². The summed E-state index contributed by atoms with van der Waals surface area (Å²) in [5.74, 6) is -0.181. The minimum Gasteiger partial charge on any atom is -0.387 e. The van der Waals surface area contributed by atoms with E-state index >= 15 is 0 Å². The molecule has 1 amide bonds. The lowest BCUT2D eigenvalue weighted by Gasteiger charge is -2.25. The van der Waals surface area contributed by atoms with E-state index < -0.39 is 20.0 Å². The number of aliphatic hydroxyl groups is 1. The van der Waals surface area contributed by atoms with Gasteiger partial charge in [0, 0.05) is 6.42 Å². The van der Waals surface area contributed by atoms with Crippen LogP contribution in [0.3, 0.4) is 0 Å². The summed E-state index contributed by atoms with van der Waals surface area (Å²) >= 11 is 0. The fraction of sp³-hybridized carbons (Fsp3) is 0.814. The maximum Gasteiger partial charge on any atom is 0.472 e. The average Bonchev–Trinajstić information content (AvgIpc) is 3.30. The van der Waals surface area contributed by atoms with E-state index in [1.807, 2.05) is 27.2 Å². The first-order chi connectivity index (χ1) is 33.0. The van der Waals surface area contributed by atoms with E-state index in [0.29, 0.717) is 17.4 Å². The van der Waals surface area contributed by atoms with Gasteiger partial charge in [-0.2, -0.15) is 0 Å². The number of quaternary nitrogens is 1. The van der Waals surface area contributed by atoms with Crippen molar-refractivity contribution in [1.82, 2.24) is 5.32 Å². The van der Waals surface area contributed by atoms with Gasteiger partial charge in [0.25, 0.3) is 0 Å². The molecule has 0 bridgehead atoms. The molecule has 0 aliphatic heterocycles. The third-order valence-electron chi connectivity index (χ3n) is 12.7. The van der Waals surface area contributed by atoms with Crippen LogP contribution >= 0.6 is 7.82 Å². The molecule has 3 N–H and O–H groups in total. The molecular formula is C59H112N2O6P+. The van der Waals surface area contributed by atoms with Gasteiger partial charge < -0.3 is 19.8 Å². The Morgan fingerprint density at radius 3 is 1.29 bits per heavy atom. The molecule has 9 heteroatoms. The monoisotopic (exact) mass is 976 g/mol. The molecule has 0 saturated heterocycles. The van der Waals surface area contributed by atoms with Crippen LogP contribution in [0, 0.1) is 0 Å². The van der Waals surface area contributed by atoms with Crippen LogP contribution in [0.5, 0.6) is 0 Å². The van der Waals surface area contributed by atoms with Gasteiger partial charge in [-0.3, -0.25) is 13.8 Å². The zero-order chi connectivity index (χ0) is 49.9. The molecule has 0 heterocycles. The number of phosphoric ester groups is 1. The molecule has 0 aliphatic carbocycles. The molecule has 0 aromatic carbocycles. The van der Waals surface area contributed by atoms with Crippen LogP contribution in [0.1, 0.15) is 258 Å². The van der Waals surface area contributed by atoms with E-state index in [0.717, 1.165) is 70.6 Å². The number of amides is 1. The Bertz CT molecular complexity index is 1290. The molecule has 398 valence electrons. The van der Waals surface area contributed by atoms with Gasteiger partial charge in [-0.25, -0.2) is 4.57 Å². The van der Waals surface area contributed by atoms with Gasteiger partial charge in [0.15, 0.2) is 0 Å². The molecule has 0 aromatic rings. The highest BCUT2D eigenvalue weighted by molar-refractivity contribution is 7.47. The molecule has 0 radical (unpaired) electrons. The molecule has 0 aliphatic rings.